The van der Waals surface area contributed by atoms with Gasteiger partial charge in [-0.05, 0) is 25.1 Å². The molecule has 0 aliphatic rings. The van der Waals surface area contributed by atoms with Gasteiger partial charge in [0.1, 0.15) is 5.58 Å². The fourth-order valence-corrected chi connectivity index (χ4v) is 1.64. The van der Waals surface area contributed by atoms with E-state index in [0.717, 1.165) is 18.2 Å². The van der Waals surface area contributed by atoms with Crippen LogP contribution in [-0.2, 0) is 10.9 Å². The minimum Gasteiger partial charge on any atom is -0.460 e. The highest BCUT2D eigenvalue weighted by molar-refractivity contribution is 6.03. The summed E-state index contributed by atoms with van der Waals surface area (Å²) in [7, 11) is 0. The number of furan rings is 1. The number of ether oxygens (including phenoxy) is 1. The van der Waals surface area contributed by atoms with Gasteiger partial charge in [0.25, 0.3) is 0 Å². The number of carbonyl (C=O) groups excluding carboxylic acids is 1. The Kier molecular flexibility index (Phi) is 3.13. The van der Waals surface area contributed by atoms with Crippen LogP contribution in [0.5, 0.6) is 0 Å². The third-order valence-electron chi connectivity index (χ3n) is 2.51. The SMILES string of the molecule is CCOC(=O)c1oc2ccc(C(F)(F)F)cc2c1N. The standard InChI is InChI=1S/C12H10F3NO3/c1-2-18-11(17)10-9(16)7-5-6(12(13,14)15)3-4-8(7)19-10/h3-5H,2,16H2,1H3. The van der Waals surface area contributed by atoms with E-state index in [2.05, 4.69) is 0 Å². The summed E-state index contributed by atoms with van der Waals surface area (Å²) in [4.78, 5) is 11.5. The first-order chi connectivity index (χ1) is 8.84. The first-order valence-electron chi connectivity index (χ1n) is 5.41. The quantitative estimate of drug-likeness (QED) is 0.853. The maximum Gasteiger partial charge on any atom is 0.416 e. The van der Waals surface area contributed by atoms with Crippen LogP contribution in [0.2, 0.25) is 0 Å². The van der Waals surface area contributed by atoms with Gasteiger partial charge < -0.3 is 14.9 Å². The van der Waals surface area contributed by atoms with E-state index in [1.807, 2.05) is 0 Å². The van der Waals surface area contributed by atoms with E-state index in [4.69, 9.17) is 14.9 Å². The van der Waals surface area contributed by atoms with Crippen molar-refractivity contribution < 1.29 is 27.1 Å². The molecule has 19 heavy (non-hydrogen) atoms. The van der Waals surface area contributed by atoms with Gasteiger partial charge in [0.05, 0.1) is 17.9 Å². The van der Waals surface area contributed by atoms with Crippen molar-refractivity contribution in [3.05, 3.63) is 29.5 Å². The zero-order valence-corrected chi connectivity index (χ0v) is 9.88. The predicted octanol–water partition coefficient (Wildman–Crippen LogP) is 3.21. The van der Waals surface area contributed by atoms with Crippen molar-refractivity contribution in [1.29, 1.82) is 0 Å². The molecule has 0 radical (unpaired) electrons. The highest BCUT2D eigenvalue weighted by Gasteiger charge is 2.31. The van der Waals surface area contributed by atoms with Gasteiger partial charge in [-0.25, -0.2) is 4.79 Å². The van der Waals surface area contributed by atoms with Crippen molar-refractivity contribution in [3.63, 3.8) is 0 Å². The summed E-state index contributed by atoms with van der Waals surface area (Å²) in [6, 6.07) is 2.83. The van der Waals surface area contributed by atoms with E-state index in [-0.39, 0.29) is 29.0 Å². The van der Waals surface area contributed by atoms with Gasteiger partial charge >= 0.3 is 12.1 Å². The fourth-order valence-electron chi connectivity index (χ4n) is 1.64. The Balaban J connectivity index is 2.55. The average Bonchev–Trinajstić information content (AvgIpc) is 2.66. The number of anilines is 1. The second-order valence-electron chi connectivity index (χ2n) is 3.77. The van der Waals surface area contributed by atoms with Gasteiger partial charge in [-0.3, -0.25) is 0 Å². The van der Waals surface area contributed by atoms with Crippen LogP contribution in [0.1, 0.15) is 23.0 Å². The summed E-state index contributed by atoms with van der Waals surface area (Å²) < 4.78 is 47.5. The summed E-state index contributed by atoms with van der Waals surface area (Å²) in [6.07, 6.45) is -4.48. The molecule has 102 valence electrons. The minimum absolute atomic E-state index is 0.0397. The molecule has 0 bridgehead atoms. The maximum absolute atomic E-state index is 12.6. The molecule has 0 saturated carbocycles. The van der Waals surface area contributed by atoms with Crippen LogP contribution in [0, 0.1) is 0 Å². The maximum atomic E-state index is 12.6. The zero-order chi connectivity index (χ0) is 14.2. The number of alkyl halides is 3. The molecule has 0 atom stereocenters. The van der Waals surface area contributed by atoms with E-state index >= 15 is 0 Å². The Bertz CT molecular complexity index is 631. The molecule has 2 rings (SSSR count). The zero-order valence-electron chi connectivity index (χ0n) is 9.88. The Hall–Kier alpha value is -2.18. The molecule has 0 aliphatic heterocycles. The number of nitrogen functional groups attached to an aromatic ring is 1. The Labute approximate surface area is 105 Å². The van der Waals surface area contributed by atoms with Gasteiger partial charge in [-0.2, -0.15) is 13.2 Å². The number of benzene rings is 1. The largest absolute Gasteiger partial charge is 0.460 e. The normalized spacial score (nSPS) is 11.8. The molecular formula is C12H10F3NO3. The lowest BCUT2D eigenvalue weighted by Gasteiger charge is -2.05. The Morgan fingerprint density at radius 1 is 1.42 bits per heavy atom. The molecule has 0 spiro atoms. The van der Waals surface area contributed by atoms with Gasteiger partial charge in [0.15, 0.2) is 0 Å². The monoisotopic (exact) mass is 273 g/mol. The van der Waals surface area contributed by atoms with Gasteiger partial charge in [0.2, 0.25) is 5.76 Å². The second-order valence-corrected chi connectivity index (χ2v) is 3.77. The van der Waals surface area contributed by atoms with E-state index < -0.39 is 17.7 Å². The molecule has 0 unspecified atom stereocenters. The van der Waals surface area contributed by atoms with Crippen molar-refractivity contribution in [2.24, 2.45) is 0 Å². The summed E-state index contributed by atoms with van der Waals surface area (Å²) >= 11 is 0. The highest BCUT2D eigenvalue weighted by Crippen LogP contribution is 2.35. The molecule has 2 aromatic rings. The number of hydrogen-bond donors (Lipinski definition) is 1. The van der Waals surface area contributed by atoms with Gasteiger partial charge in [-0.15, -0.1) is 0 Å². The summed E-state index contributed by atoms with van der Waals surface area (Å²) in [5.41, 5.74) is 4.71. The highest BCUT2D eigenvalue weighted by atomic mass is 19.4. The molecule has 0 fully saturated rings. The lowest BCUT2D eigenvalue weighted by molar-refractivity contribution is -0.137. The van der Waals surface area contributed by atoms with E-state index in [9.17, 15) is 18.0 Å². The first-order valence-corrected chi connectivity index (χ1v) is 5.41. The van der Waals surface area contributed by atoms with E-state index in [1.165, 1.54) is 0 Å². The molecule has 0 saturated heterocycles. The average molecular weight is 273 g/mol. The van der Waals surface area contributed by atoms with Crippen LogP contribution in [-0.4, -0.2) is 12.6 Å². The third kappa shape index (κ3) is 2.35. The van der Waals surface area contributed by atoms with Crippen LogP contribution >= 0.6 is 0 Å². The lowest BCUT2D eigenvalue weighted by Crippen LogP contribution is -2.06. The van der Waals surface area contributed by atoms with Crippen molar-refractivity contribution in [1.82, 2.24) is 0 Å². The summed E-state index contributed by atoms with van der Waals surface area (Å²) in [6.45, 7) is 1.71. The molecule has 7 heteroatoms. The molecule has 1 aromatic heterocycles. The first kappa shape index (κ1) is 13.3. The number of halogens is 3. The van der Waals surface area contributed by atoms with Crippen LogP contribution in [0.3, 0.4) is 0 Å². The smallest absolute Gasteiger partial charge is 0.416 e. The molecule has 4 nitrogen and oxygen atoms in total. The number of hydrogen-bond acceptors (Lipinski definition) is 4. The van der Waals surface area contributed by atoms with Crippen molar-refractivity contribution in [2.45, 2.75) is 13.1 Å². The number of carbonyl (C=O) groups is 1. The molecule has 0 aliphatic carbocycles. The lowest BCUT2D eigenvalue weighted by atomic mass is 10.1. The Morgan fingerprint density at radius 2 is 2.11 bits per heavy atom. The van der Waals surface area contributed by atoms with Crippen molar-refractivity contribution >= 4 is 22.6 Å². The fraction of sp³-hybridized carbons (Fsp3) is 0.250. The van der Waals surface area contributed by atoms with Gasteiger partial charge in [0, 0.05) is 5.39 Å². The summed E-state index contributed by atoms with van der Waals surface area (Å²) in [5, 5.41) is 0.0397. The van der Waals surface area contributed by atoms with E-state index in [1.54, 1.807) is 6.92 Å². The molecular weight excluding hydrogens is 263 g/mol. The predicted molar refractivity (Wildman–Crippen MR) is 61.6 cm³/mol. The van der Waals surface area contributed by atoms with Crippen LogP contribution in [0.25, 0.3) is 11.0 Å². The molecule has 1 aromatic carbocycles. The second kappa shape index (κ2) is 4.49. The topological polar surface area (TPSA) is 65.5 Å². The van der Waals surface area contributed by atoms with Crippen molar-refractivity contribution in [3.8, 4) is 0 Å². The van der Waals surface area contributed by atoms with Crippen LogP contribution < -0.4 is 5.73 Å². The molecule has 0 amide bonds. The third-order valence-corrected chi connectivity index (χ3v) is 2.51. The molecule has 1 heterocycles. The minimum atomic E-state index is -4.48. The van der Waals surface area contributed by atoms with Crippen molar-refractivity contribution in [2.75, 3.05) is 12.3 Å². The number of esters is 1. The number of nitrogens with two attached hydrogens (primary N) is 1. The summed E-state index contributed by atoms with van der Waals surface area (Å²) in [5.74, 6) is -1.08. The number of fused-ring (bicyclic) bond motifs is 1. The van der Waals surface area contributed by atoms with Crippen LogP contribution in [0.4, 0.5) is 18.9 Å². The van der Waals surface area contributed by atoms with Crippen LogP contribution in [0.15, 0.2) is 22.6 Å². The number of rotatable bonds is 2. The van der Waals surface area contributed by atoms with Gasteiger partial charge in [-0.1, -0.05) is 0 Å². The van der Waals surface area contributed by atoms with E-state index in [0.29, 0.717) is 0 Å². The molecule has 2 N–H and O–H groups in total. The Morgan fingerprint density at radius 3 is 2.68 bits per heavy atom.